The van der Waals surface area contributed by atoms with Gasteiger partial charge < -0.3 is 9.74 Å². The molecule has 1 aliphatic rings. The topological polar surface area (TPSA) is 38.3 Å². The van der Waals surface area contributed by atoms with Crippen LogP contribution in [-0.2, 0) is 9.22 Å². The molecular formula is C18H35NO2Si2. The van der Waals surface area contributed by atoms with E-state index in [0.29, 0.717) is 0 Å². The molecule has 0 unspecified atom stereocenters. The molecule has 5 heteroatoms. The van der Waals surface area contributed by atoms with Gasteiger partial charge in [-0.15, -0.1) is 11.5 Å². The SMILES string of the molecule is C[C@@H](C#C[Si](C)(C)C)[C@H]1NC(=O)[C@@H]1[C@@H](C)O[Si](C)(C)C(C)(C)C. The van der Waals surface area contributed by atoms with Gasteiger partial charge in [0.05, 0.1) is 18.1 Å². The second kappa shape index (κ2) is 6.74. The zero-order valence-electron chi connectivity index (χ0n) is 16.6. The van der Waals surface area contributed by atoms with Crippen molar-refractivity contribution >= 4 is 22.3 Å². The summed E-state index contributed by atoms with van der Waals surface area (Å²) < 4.78 is 6.44. The van der Waals surface area contributed by atoms with Crippen LogP contribution in [0.3, 0.4) is 0 Å². The maximum atomic E-state index is 12.1. The van der Waals surface area contributed by atoms with Crippen LogP contribution >= 0.6 is 0 Å². The number of hydrogen-bond acceptors (Lipinski definition) is 2. The third-order valence-corrected chi connectivity index (χ3v) is 10.5. The van der Waals surface area contributed by atoms with Gasteiger partial charge >= 0.3 is 0 Å². The van der Waals surface area contributed by atoms with E-state index in [4.69, 9.17) is 4.43 Å². The first-order chi connectivity index (χ1) is 10.2. The molecule has 0 aliphatic carbocycles. The predicted molar refractivity (Wildman–Crippen MR) is 103 cm³/mol. The lowest BCUT2D eigenvalue weighted by atomic mass is 9.79. The number of rotatable bonds is 4. The zero-order valence-corrected chi connectivity index (χ0v) is 18.6. The first-order valence-electron chi connectivity index (χ1n) is 8.66. The fourth-order valence-electron chi connectivity index (χ4n) is 2.49. The third-order valence-electron chi connectivity index (χ3n) is 5.00. The molecule has 1 saturated heterocycles. The largest absolute Gasteiger partial charge is 0.413 e. The van der Waals surface area contributed by atoms with Crippen molar-refractivity contribution in [1.29, 1.82) is 0 Å². The fourth-order valence-corrected chi connectivity index (χ4v) is 4.58. The van der Waals surface area contributed by atoms with Gasteiger partial charge in [-0.05, 0) is 32.0 Å². The molecule has 0 aromatic heterocycles. The van der Waals surface area contributed by atoms with Crippen LogP contribution < -0.4 is 5.32 Å². The lowest BCUT2D eigenvalue weighted by Gasteiger charge is -2.46. The Balaban J connectivity index is 2.81. The van der Waals surface area contributed by atoms with Gasteiger partial charge in [-0.1, -0.05) is 40.4 Å². The molecule has 1 amide bonds. The first kappa shape index (κ1) is 20.5. The minimum atomic E-state index is -1.86. The Labute approximate surface area is 145 Å². The standard InChI is InChI=1S/C18H35NO2Si2/c1-13(11-12-22(6,7)8)16-15(17(20)19-16)14(2)21-23(9,10)18(3,4)5/h13-16H,1-10H3,(H,19,20)/t13-,14+,15+,16+/m0/s1. The van der Waals surface area contributed by atoms with Crippen LogP contribution in [0.15, 0.2) is 0 Å². The van der Waals surface area contributed by atoms with Gasteiger partial charge in [0.1, 0.15) is 8.07 Å². The van der Waals surface area contributed by atoms with Gasteiger partial charge in [0.15, 0.2) is 8.32 Å². The quantitative estimate of drug-likeness (QED) is 0.471. The Morgan fingerprint density at radius 1 is 1.13 bits per heavy atom. The molecule has 23 heavy (non-hydrogen) atoms. The van der Waals surface area contributed by atoms with E-state index in [9.17, 15) is 4.79 Å². The second-order valence-corrected chi connectivity index (χ2v) is 19.0. The number of nitrogens with one attached hydrogen (secondary N) is 1. The summed E-state index contributed by atoms with van der Waals surface area (Å²) >= 11 is 0. The summed E-state index contributed by atoms with van der Waals surface area (Å²) in [5.41, 5.74) is 3.42. The van der Waals surface area contributed by atoms with Crippen molar-refractivity contribution in [3.8, 4) is 11.5 Å². The Hall–Kier alpha value is -0.576. The highest BCUT2D eigenvalue weighted by Crippen LogP contribution is 2.39. The number of hydrogen-bond donors (Lipinski definition) is 1. The van der Waals surface area contributed by atoms with Gasteiger partial charge in [0, 0.05) is 5.92 Å². The summed E-state index contributed by atoms with van der Waals surface area (Å²) in [7, 11) is -3.25. The monoisotopic (exact) mass is 353 g/mol. The molecule has 1 aliphatic heterocycles. The number of carbonyl (C=O) groups is 1. The average molecular weight is 354 g/mol. The third kappa shape index (κ3) is 5.20. The lowest BCUT2D eigenvalue weighted by molar-refractivity contribution is -0.141. The van der Waals surface area contributed by atoms with E-state index in [0.717, 1.165) is 0 Å². The second-order valence-electron chi connectivity index (χ2n) is 9.45. The Morgan fingerprint density at radius 2 is 1.65 bits per heavy atom. The zero-order chi connectivity index (χ0) is 18.2. The van der Waals surface area contributed by atoms with Crippen molar-refractivity contribution in [3.05, 3.63) is 0 Å². The molecule has 0 aromatic rings. The number of carbonyl (C=O) groups excluding carboxylic acids is 1. The predicted octanol–water partition coefficient (Wildman–Crippen LogP) is 4.03. The molecule has 132 valence electrons. The van der Waals surface area contributed by atoms with Crippen LogP contribution in [0.1, 0.15) is 34.6 Å². The molecule has 1 N–H and O–H groups in total. The summed E-state index contributed by atoms with van der Waals surface area (Å²) in [5, 5.41) is 3.20. The number of amides is 1. The summed E-state index contributed by atoms with van der Waals surface area (Å²) in [6, 6.07) is 0.117. The van der Waals surface area contributed by atoms with Gasteiger partial charge in [0.2, 0.25) is 5.91 Å². The van der Waals surface area contributed by atoms with Crippen LogP contribution in [0.2, 0.25) is 37.8 Å². The average Bonchev–Trinajstić information content (AvgIpc) is 2.29. The van der Waals surface area contributed by atoms with Crippen LogP contribution in [0.25, 0.3) is 0 Å². The van der Waals surface area contributed by atoms with E-state index < -0.39 is 16.4 Å². The van der Waals surface area contributed by atoms with Gasteiger partial charge in [-0.3, -0.25) is 4.79 Å². The van der Waals surface area contributed by atoms with E-state index in [1.807, 2.05) is 0 Å². The van der Waals surface area contributed by atoms with Crippen molar-refractivity contribution in [2.75, 3.05) is 0 Å². The van der Waals surface area contributed by atoms with Crippen molar-refractivity contribution in [1.82, 2.24) is 5.32 Å². The van der Waals surface area contributed by atoms with Crippen LogP contribution in [0.5, 0.6) is 0 Å². The summed E-state index contributed by atoms with van der Waals surface area (Å²) in [5.74, 6) is 3.59. The molecule has 4 atom stereocenters. The fraction of sp³-hybridized carbons (Fsp3) is 0.833. The van der Waals surface area contributed by atoms with Crippen molar-refractivity contribution in [2.45, 2.75) is 84.5 Å². The van der Waals surface area contributed by atoms with Gasteiger partial charge in [-0.25, -0.2) is 0 Å². The maximum Gasteiger partial charge on any atom is 0.228 e. The highest BCUT2D eigenvalue weighted by molar-refractivity contribution is 6.83. The normalized spacial score (nSPS) is 24.9. The Morgan fingerprint density at radius 3 is 2.04 bits per heavy atom. The molecule has 0 radical (unpaired) electrons. The maximum absolute atomic E-state index is 12.1. The Bertz CT molecular complexity index is 506. The minimum Gasteiger partial charge on any atom is -0.413 e. The molecule has 1 rings (SSSR count). The number of β-lactam (4-membered cyclic amide) rings is 1. The summed E-state index contributed by atoms with van der Waals surface area (Å²) in [6.45, 7) is 22.1. The van der Waals surface area contributed by atoms with Crippen LogP contribution in [0, 0.1) is 23.3 Å². The van der Waals surface area contributed by atoms with E-state index in [1.165, 1.54) is 0 Å². The van der Waals surface area contributed by atoms with Gasteiger partial charge in [0.25, 0.3) is 0 Å². The summed E-state index contributed by atoms with van der Waals surface area (Å²) in [4.78, 5) is 12.1. The van der Waals surface area contributed by atoms with Crippen molar-refractivity contribution < 1.29 is 9.22 Å². The lowest BCUT2D eigenvalue weighted by Crippen LogP contribution is -2.65. The molecule has 1 fully saturated rings. The highest BCUT2D eigenvalue weighted by Gasteiger charge is 2.48. The van der Waals surface area contributed by atoms with Crippen LogP contribution in [-0.4, -0.2) is 34.4 Å². The molecule has 0 spiro atoms. The molecule has 0 bridgehead atoms. The molecular weight excluding hydrogens is 318 g/mol. The van der Waals surface area contributed by atoms with E-state index in [2.05, 4.69) is 84.1 Å². The molecule has 0 saturated carbocycles. The van der Waals surface area contributed by atoms with Crippen LogP contribution in [0.4, 0.5) is 0 Å². The first-order valence-corrected chi connectivity index (χ1v) is 15.1. The highest BCUT2D eigenvalue weighted by atomic mass is 28.4. The van der Waals surface area contributed by atoms with Gasteiger partial charge in [-0.2, -0.15) is 0 Å². The van der Waals surface area contributed by atoms with E-state index in [-0.39, 0.29) is 34.9 Å². The smallest absolute Gasteiger partial charge is 0.228 e. The Kier molecular flexibility index (Phi) is 5.99. The van der Waals surface area contributed by atoms with Crippen molar-refractivity contribution in [2.24, 2.45) is 11.8 Å². The minimum absolute atomic E-state index is 0.0502. The van der Waals surface area contributed by atoms with E-state index >= 15 is 0 Å². The molecule has 1 heterocycles. The molecule has 3 nitrogen and oxygen atoms in total. The van der Waals surface area contributed by atoms with Crippen molar-refractivity contribution in [3.63, 3.8) is 0 Å². The summed E-state index contributed by atoms with van der Waals surface area (Å²) in [6.07, 6.45) is -0.0502. The van der Waals surface area contributed by atoms with E-state index in [1.54, 1.807) is 0 Å². The molecule has 0 aromatic carbocycles.